The minimum atomic E-state index is -0.259. The number of carbonyl (C=O) groups is 1. The van der Waals surface area contributed by atoms with E-state index in [0.717, 1.165) is 50.8 Å². The molecular formula is C38H34N4O. The Bertz CT molecular complexity index is 1870. The zero-order chi connectivity index (χ0) is 29.9. The summed E-state index contributed by atoms with van der Waals surface area (Å²) in [5, 5.41) is 4.30. The third-order valence-electron chi connectivity index (χ3n) is 8.00. The van der Waals surface area contributed by atoms with Gasteiger partial charge in [0.05, 0.1) is 17.6 Å². The first-order chi connectivity index (χ1) is 20.9. The monoisotopic (exact) mass is 562 g/mol. The lowest BCUT2D eigenvalue weighted by Gasteiger charge is -2.15. The molecule has 5 heteroatoms. The Morgan fingerprint density at radius 3 is 1.79 bits per heavy atom. The Hall–Kier alpha value is -5.42. The second-order valence-electron chi connectivity index (χ2n) is 10.8. The van der Waals surface area contributed by atoms with Gasteiger partial charge in [-0.25, -0.2) is 5.43 Å². The molecule has 0 unspecified atom stereocenters. The average molecular weight is 563 g/mol. The van der Waals surface area contributed by atoms with Crippen LogP contribution in [0.2, 0.25) is 0 Å². The van der Waals surface area contributed by atoms with Crippen LogP contribution < -0.4 is 5.43 Å². The smallest absolute Gasteiger partial charge is 0.271 e. The Labute approximate surface area is 252 Å². The first-order valence-corrected chi connectivity index (χ1v) is 14.4. The minimum Gasteiger partial charge on any atom is -0.318 e. The molecule has 0 atom stereocenters. The van der Waals surface area contributed by atoms with Crippen molar-refractivity contribution < 1.29 is 4.79 Å². The molecule has 0 bridgehead atoms. The summed E-state index contributed by atoms with van der Waals surface area (Å²) in [6.45, 7) is 8.39. The van der Waals surface area contributed by atoms with Crippen molar-refractivity contribution in [2.75, 3.05) is 0 Å². The maximum Gasteiger partial charge on any atom is 0.271 e. The topological polar surface area (TPSA) is 51.3 Å². The van der Waals surface area contributed by atoms with E-state index in [-0.39, 0.29) is 5.91 Å². The molecule has 0 radical (unpaired) electrons. The first-order valence-electron chi connectivity index (χ1n) is 14.4. The Morgan fingerprint density at radius 1 is 0.628 bits per heavy atom. The Morgan fingerprint density at radius 2 is 1.21 bits per heavy atom. The lowest BCUT2D eigenvalue weighted by Crippen LogP contribution is -2.17. The fourth-order valence-electron chi connectivity index (χ4n) is 5.55. The number of amides is 1. The summed E-state index contributed by atoms with van der Waals surface area (Å²) in [5.41, 5.74) is 15.4. The predicted octanol–water partition coefficient (Wildman–Crippen LogP) is 8.60. The highest BCUT2D eigenvalue weighted by molar-refractivity contribution is 5.95. The van der Waals surface area contributed by atoms with Gasteiger partial charge in [-0.1, -0.05) is 66.7 Å². The first kappa shape index (κ1) is 27.7. The van der Waals surface area contributed by atoms with Crippen LogP contribution in [0.3, 0.4) is 0 Å². The van der Waals surface area contributed by atoms with Crippen molar-refractivity contribution >= 4 is 12.1 Å². The van der Waals surface area contributed by atoms with E-state index in [1.54, 1.807) is 6.21 Å². The fourth-order valence-corrected chi connectivity index (χ4v) is 5.55. The molecule has 0 fully saturated rings. The number of nitrogens with one attached hydrogen (secondary N) is 1. The highest BCUT2D eigenvalue weighted by atomic mass is 16.2. The summed E-state index contributed by atoms with van der Waals surface area (Å²) < 4.78 is 4.44. The van der Waals surface area contributed by atoms with Crippen LogP contribution in [0.25, 0.3) is 33.9 Å². The fraction of sp³-hybridized carbons (Fsp3) is 0.105. The van der Waals surface area contributed by atoms with Gasteiger partial charge >= 0.3 is 0 Å². The van der Waals surface area contributed by atoms with Crippen LogP contribution in [0.4, 0.5) is 0 Å². The molecule has 5 nitrogen and oxygen atoms in total. The highest BCUT2D eigenvalue weighted by Crippen LogP contribution is 2.32. The van der Waals surface area contributed by atoms with Crippen LogP contribution in [0.1, 0.15) is 38.4 Å². The zero-order valence-corrected chi connectivity index (χ0v) is 24.9. The number of hydrogen-bond acceptors (Lipinski definition) is 2. The van der Waals surface area contributed by atoms with E-state index in [1.165, 1.54) is 11.1 Å². The molecule has 0 saturated heterocycles. The highest BCUT2D eigenvalue weighted by Gasteiger charge is 2.15. The molecule has 6 aromatic rings. The largest absolute Gasteiger partial charge is 0.318 e. The molecule has 2 heterocycles. The maximum atomic E-state index is 13.0. The number of rotatable bonds is 7. The van der Waals surface area contributed by atoms with Gasteiger partial charge in [-0.2, -0.15) is 5.10 Å². The summed E-state index contributed by atoms with van der Waals surface area (Å²) >= 11 is 0. The lowest BCUT2D eigenvalue weighted by molar-refractivity contribution is 0.0955. The molecule has 0 saturated carbocycles. The summed E-state index contributed by atoms with van der Waals surface area (Å²) in [7, 11) is 0. The number of hydrazone groups is 1. The van der Waals surface area contributed by atoms with Crippen LogP contribution >= 0.6 is 0 Å². The quantitative estimate of drug-likeness (QED) is 0.154. The lowest BCUT2D eigenvalue weighted by atomic mass is 10.1. The van der Waals surface area contributed by atoms with Crippen molar-refractivity contribution in [3.8, 4) is 33.9 Å². The zero-order valence-electron chi connectivity index (χ0n) is 24.9. The van der Waals surface area contributed by atoms with Gasteiger partial charge in [0, 0.05) is 33.9 Å². The van der Waals surface area contributed by atoms with Gasteiger partial charge in [-0.05, 0) is 105 Å². The van der Waals surface area contributed by atoms with Crippen LogP contribution in [-0.4, -0.2) is 21.3 Å². The van der Waals surface area contributed by atoms with Gasteiger partial charge in [0.25, 0.3) is 5.91 Å². The van der Waals surface area contributed by atoms with E-state index in [1.807, 2.05) is 60.7 Å². The maximum absolute atomic E-state index is 13.0. The van der Waals surface area contributed by atoms with Gasteiger partial charge in [0.15, 0.2) is 0 Å². The number of aryl methyl sites for hydroxylation is 3. The third-order valence-corrected chi connectivity index (χ3v) is 8.00. The molecule has 1 amide bonds. The third kappa shape index (κ3) is 5.57. The number of nitrogens with zero attached hydrogens (tertiary/aromatic N) is 3. The molecule has 0 aliphatic heterocycles. The van der Waals surface area contributed by atoms with E-state index in [9.17, 15) is 4.79 Å². The van der Waals surface area contributed by atoms with E-state index >= 15 is 0 Å². The average Bonchev–Trinajstić information content (AvgIpc) is 3.60. The second-order valence-corrected chi connectivity index (χ2v) is 10.8. The van der Waals surface area contributed by atoms with Crippen LogP contribution in [0.5, 0.6) is 0 Å². The molecule has 43 heavy (non-hydrogen) atoms. The number of hydrogen-bond donors (Lipinski definition) is 1. The minimum absolute atomic E-state index is 0.259. The van der Waals surface area contributed by atoms with E-state index in [0.29, 0.717) is 5.56 Å². The van der Waals surface area contributed by atoms with Gasteiger partial charge in [-0.3, -0.25) is 4.79 Å². The Balaban J connectivity index is 1.23. The number of benzene rings is 4. The van der Waals surface area contributed by atoms with Gasteiger partial charge in [-0.15, -0.1) is 0 Å². The molecule has 2 aromatic heterocycles. The van der Waals surface area contributed by atoms with Crippen LogP contribution in [0.15, 0.2) is 126 Å². The molecule has 1 N–H and O–H groups in total. The van der Waals surface area contributed by atoms with Crippen molar-refractivity contribution in [1.82, 2.24) is 14.6 Å². The van der Waals surface area contributed by atoms with Crippen molar-refractivity contribution in [3.05, 3.63) is 155 Å². The summed E-state index contributed by atoms with van der Waals surface area (Å²) in [4.78, 5) is 13.0. The molecule has 6 rings (SSSR count). The second kappa shape index (κ2) is 11.8. The molecule has 0 aliphatic carbocycles. The van der Waals surface area contributed by atoms with Crippen molar-refractivity contribution in [1.29, 1.82) is 0 Å². The molecule has 0 spiro atoms. The molecule has 0 aliphatic rings. The van der Waals surface area contributed by atoms with Crippen LogP contribution in [-0.2, 0) is 0 Å². The number of carbonyl (C=O) groups excluding carboxylic acids is 1. The molecule has 212 valence electrons. The van der Waals surface area contributed by atoms with Gasteiger partial charge in [0.2, 0.25) is 0 Å². The molecular weight excluding hydrogens is 528 g/mol. The van der Waals surface area contributed by atoms with Gasteiger partial charge < -0.3 is 9.13 Å². The van der Waals surface area contributed by atoms with Crippen molar-refractivity contribution in [2.45, 2.75) is 27.7 Å². The van der Waals surface area contributed by atoms with E-state index in [4.69, 9.17) is 0 Å². The van der Waals surface area contributed by atoms with Crippen molar-refractivity contribution in [2.24, 2.45) is 5.10 Å². The Kier molecular flexibility index (Phi) is 7.63. The van der Waals surface area contributed by atoms with Gasteiger partial charge in [0.1, 0.15) is 0 Å². The molecule has 4 aromatic carbocycles. The SMILES string of the molecule is Cc1ccc(-n2c(C)cc(/C=N\NC(=O)c3ccc(-n4c(-c5ccccc5)ccc4-c4ccccc4)cc3)c2C)cc1C. The van der Waals surface area contributed by atoms with E-state index < -0.39 is 0 Å². The predicted molar refractivity (Wildman–Crippen MR) is 176 cm³/mol. The summed E-state index contributed by atoms with van der Waals surface area (Å²) in [5.74, 6) is -0.259. The summed E-state index contributed by atoms with van der Waals surface area (Å²) in [6, 6.07) is 41.2. The van der Waals surface area contributed by atoms with E-state index in [2.05, 4.69) is 108 Å². The number of aromatic nitrogens is 2. The van der Waals surface area contributed by atoms with Crippen molar-refractivity contribution in [3.63, 3.8) is 0 Å². The standard InChI is InChI=1S/C38H34N4O/c1-26-15-18-35(23-27(26)2)41-28(3)24-33(29(41)4)25-39-40-38(43)32-16-19-34(20-17-32)42-36(30-11-7-5-8-12-30)21-22-37(42)31-13-9-6-10-14-31/h5-25H,1-4H3,(H,40,43)/b39-25-. The normalized spacial score (nSPS) is 11.3. The van der Waals surface area contributed by atoms with Crippen LogP contribution in [0, 0.1) is 27.7 Å². The summed E-state index contributed by atoms with van der Waals surface area (Å²) in [6.07, 6.45) is 1.71.